The highest BCUT2D eigenvalue weighted by Gasteiger charge is 2.36. The van der Waals surface area contributed by atoms with Crippen LogP contribution >= 0.6 is 0 Å². The Morgan fingerprint density at radius 1 is 1.33 bits per heavy atom. The van der Waals surface area contributed by atoms with E-state index in [2.05, 4.69) is 37.4 Å². The van der Waals surface area contributed by atoms with Crippen molar-refractivity contribution in [1.29, 1.82) is 0 Å². The maximum Gasteiger partial charge on any atom is 0.0328 e. The molecule has 0 heterocycles. The summed E-state index contributed by atoms with van der Waals surface area (Å²) in [5.74, 6) is 0.902. The Morgan fingerprint density at radius 2 is 2.13 bits per heavy atom. The van der Waals surface area contributed by atoms with Crippen molar-refractivity contribution in [3.8, 4) is 0 Å². The van der Waals surface area contributed by atoms with Gasteiger partial charge in [0.15, 0.2) is 0 Å². The van der Waals surface area contributed by atoms with Crippen LogP contribution in [0, 0.1) is 12.8 Å². The molecule has 3 unspecified atom stereocenters. The van der Waals surface area contributed by atoms with Crippen LogP contribution in [0.2, 0.25) is 0 Å². The molecule has 0 aliphatic heterocycles. The SMILES string of the molecule is Cc1cccc2c1CCC2NC1CC1C. The number of fused-ring (bicyclic) bond motifs is 1. The minimum atomic E-state index is 0.634. The van der Waals surface area contributed by atoms with Gasteiger partial charge in [-0.2, -0.15) is 0 Å². The molecule has 0 radical (unpaired) electrons. The van der Waals surface area contributed by atoms with Gasteiger partial charge in [0, 0.05) is 12.1 Å². The molecule has 0 spiro atoms. The molecule has 0 aromatic heterocycles. The van der Waals surface area contributed by atoms with Crippen LogP contribution in [0.15, 0.2) is 18.2 Å². The summed E-state index contributed by atoms with van der Waals surface area (Å²) in [7, 11) is 0. The van der Waals surface area contributed by atoms with Gasteiger partial charge in [-0.15, -0.1) is 0 Å². The van der Waals surface area contributed by atoms with Crippen molar-refractivity contribution in [3.63, 3.8) is 0 Å². The Hall–Kier alpha value is -0.820. The monoisotopic (exact) mass is 201 g/mol. The van der Waals surface area contributed by atoms with Gasteiger partial charge in [0.25, 0.3) is 0 Å². The molecule has 0 bridgehead atoms. The predicted molar refractivity (Wildman–Crippen MR) is 62.9 cm³/mol. The van der Waals surface area contributed by atoms with Gasteiger partial charge in [0.2, 0.25) is 0 Å². The van der Waals surface area contributed by atoms with Crippen LogP contribution in [0.25, 0.3) is 0 Å². The molecule has 3 rings (SSSR count). The smallest absolute Gasteiger partial charge is 0.0328 e. The molecule has 15 heavy (non-hydrogen) atoms. The number of hydrogen-bond donors (Lipinski definition) is 1. The summed E-state index contributed by atoms with van der Waals surface area (Å²) in [6.45, 7) is 4.57. The van der Waals surface area contributed by atoms with E-state index in [0.717, 1.165) is 12.0 Å². The highest BCUT2D eigenvalue weighted by atomic mass is 15.0. The second kappa shape index (κ2) is 3.34. The van der Waals surface area contributed by atoms with E-state index in [1.165, 1.54) is 24.8 Å². The van der Waals surface area contributed by atoms with Crippen LogP contribution in [-0.2, 0) is 6.42 Å². The molecule has 1 N–H and O–H groups in total. The first kappa shape index (κ1) is 9.41. The molecule has 1 heteroatoms. The standard InChI is InChI=1S/C14H19N/c1-9-4-3-5-12-11(9)6-7-13(12)15-14-8-10(14)2/h3-5,10,13-15H,6-8H2,1-2H3. The van der Waals surface area contributed by atoms with Gasteiger partial charge in [0.05, 0.1) is 0 Å². The molecule has 2 aliphatic rings. The Morgan fingerprint density at radius 3 is 2.87 bits per heavy atom. The molecule has 1 fully saturated rings. The van der Waals surface area contributed by atoms with Crippen molar-refractivity contribution in [3.05, 3.63) is 34.9 Å². The molecular weight excluding hydrogens is 182 g/mol. The maximum absolute atomic E-state index is 3.79. The van der Waals surface area contributed by atoms with Crippen molar-refractivity contribution in [2.75, 3.05) is 0 Å². The highest BCUT2D eigenvalue weighted by Crippen LogP contribution is 2.37. The lowest BCUT2D eigenvalue weighted by molar-refractivity contribution is 0.513. The van der Waals surface area contributed by atoms with Gasteiger partial charge in [-0.25, -0.2) is 0 Å². The molecule has 1 saturated carbocycles. The molecule has 2 aliphatic carbocycles. The zero-order valence-corrected chi connectivity index (χ0v) is 9.59. The molecule has 1 aromatic rings. The van der Waals surface area contributed by atoms with Gasteiger partial charge in [0.1, 0.15) is 0 Å². The second-order valence-electron chi connectivity index (χ2n) is 5.22. The summed E-state index contributed by atoms with van der Waals surface area (Å²) in [5.41, 5.74) is 4.64. The molecule has 3 atom stereocenters. The van der Waals surface area contributed by atoms with Gasteiger partial charge in [-0.05, 0) is 48.8 Å². The number of benzene rings is 1. The summed E-state index contributed by atoms with van der Waals surface area (Å²) < 4.78 is 0. The molecule has 1 aromatic carbocycles. The van der Waals surface area contributed by atoms with E-state index >= 15 is 0 Å². The van der Waals surface area contributed by atoms with E-state index in [1.807, 2.05) is 0 Å². The van der Waals surface area contributed by atoms with E-state index < -0.39 is 0 Å². The van der Waals surface area contributed by atoms with Crippen molar-refractivity contribution in [1.82, 2.24) is 5.32 Å². The first-order valence-electron chi connectivity index (χ1n) is 6.10. The van der Waals surface area contributed by atoms with E-state index in [-0.39, 0.29) is 0 Å². The van der Waals surface area contributed by atoms with E-state index in [0.29, 0.717) is 6.04 Å². The van der Waals surface area contributed by atoms with Crippen molar-refractivity contribution >= 4 is 0 Å². The Labute approximate surface area is 91.9 Å². The van der Waals surface area contributed by atoms with Gasteiger partial charge in [-0.3, -0.25) is 0 Å². The summed E-state index contributed by atoms with van der Waals surface area (Å²) in [6.07, 6.45) is 3.93. The highest BCUT2D eigenvalue weighted by molar-refractivity contribution is 5.40. The predicted octanol–water partition coefficient (Wildman–Crippen LogP) is 2.98. The molecular formula is C14H19N. The number of aryl methyl sites for hydroxylation is 1. The van der Waals surface area contributed by atoms with Crippen molar-refractivity contribution in [2.45, 2.75) is 45.2 Å². The molecule has 1 nitrogen and oxygen atoms in total. The van der Waals surface area contributed by atoms with Crippen LogP contribution in [0.4, 0.5) is 0 Å². The first-order valence-corrected chi connectivity index (χ1v) is 6.10. The van der Waals surface area contributed by atoms with Crippen LogP contribution in [0.3, 0.4) is 0 Å². The van der Waals surface area contributed by atoms with Crippen LogP contribution < -0.4 is 5.32 Å². The average Bonchev–Trinajstić information content (AvgIpc) is 2.75. The summed E-state index contributed by atoms with van der Waals surface area (Å²) in [4.78, 5) is 0. The second-order valence-corrected chi connectivity index (χ2v) is 5.22. The zero-order valence-electron chi connectivity index (χ0n) is 9.59. The third-order valence-corrected chi connectivity index (χ3v) is 4.03. The van der Waals surface area contributed by atoms with Crippen LogP contribution in [-0.4, -0.2) is 6.04 Å². The molecule has 0 amide bonds. The van der Waals surface area contributed by atoms with Crippen molar-refractivity contribution in [2.24, 2.45) is 5.92 Å². The number of rotatable bonds is 2. The third kappa shape index (κ3) is 1.59. The van der Waals surface area contributed by atoms with E-state index in [1.54, 1.807) is 11.1 Å². The number of hydrogen-bond acceptors (Lipinski definition) is 1. The largest absolute Gasteiger partial charge is 0.307 e. The molecule has 80 valence electrons. The first-order chi connectivity index (χ1) is 7.25. The Bertz CT molecular complexity index is 383. The zero-order chi connectivity index (χ0) is 10.4. The lowest BCUT2D eigenvalue weighted by atomic mass is 10.0. The van der Waals surface area contributed by atoms with E-state index in [9.17, 15) is 0 Å². The normalized spacial score (nSPS) is 32.8. The number of nitrogens with one attached hydrogen (secondary N) is 1. The Balaban J connectivity index is 1.82. The Kier molecular flexibility index (Phi) is 2.10. The minimum absolute atomic E-state index is 0.634. The van der Waals surface area contributed by atoms with E-state index in [4.69, 9.17) is 0 Å². The lowest BCUT2D eigenvalue weighted by Gasteiger charge is -2.14. The molecule has 0 saturated heterocycles. The van der Waals surface area contributed by atoms with Crippen LogP contribution in [0.5, 0.6) is 0 Å². The fourth-order valence-electron chi connectivity index (χ4n) is 2.82. The van der Waals surface area contributed by atoms with Gasteiger partial charge in [-0.1, -0.05) is 25.1 Å². The summed E-state index contributed by atoms with van der Waals surface area (Å²) >= 11 is 0. The fourth-order valence-corrected chi connectivity index (χ4v) is 2.82. The third-order valence-electron chi connectivity index (χ3n) is 4.03. The lowest BCUT2D eigenvalue weighted by Crippen LogP contribution is -2.22. The van der Waals surface area contributed by atoms with Crippen molar-refractivity contribution < 1.29 is 0 Å². The maximum atomic E-state index is 3.79. The average molecular weight is 201 g/mol. The summed E-state index contributed by atoms with van der Waals surface area (Å²) in [6, 6.07) is 8.17. The summed E-state index contributed by atoms with van der Waals surface area (Å²) in [5, 5.41) is 3.79. The minimum Gasteiger partial charge on any atom is -0.307 e. The van der Waals surface area contributed by atoms with Gasteiger partial charge >= 0.3 is 0 Å². The quantitative estimate of drug-likeness (QED) is 0.775. The van der Waals surface area contributed by atoms with Crippen LogP contribution in [0.1, 0.15) is 42.5 Å². The van der Waals surface area contributed by atoms with Gasteiger partial charge < -0.3 is 5.32 Å². The topological polar surface area (TPSA) is 12.0 Å². The fraction of sp³-hybridized carbons (Fsp3) is 0.571.